The van der Waals surface area contributed by atoms with E-state index >= 15 is 18.3 Å². The first-order chi connectivity index (χ1) is 33.3. The fourth-order valence-corrected chi connectivity index (χ4v) is 21.1. The maximum absolute atomic E-state index is 17.3. The SMILES string of the molecule is O=P(c1ccccc1)(c1ccccc1)c1cccc(P(=O)(c2ccccc2)c2ccccc2)c1-c1c(P(=O)(c2ccccc2)c2ccccc2)cccc1P(=O)(c1ccccc1)c1ccccc1. The third kappa shape index (κ3) is 7.69. The molecule has 0 aromatic heterocycles. The summed E-state index contributed by atoms with van der Waals surface area (Å²) in [7, 11) is -16.0. The van der Waals surface area contributed by atoms with Crippen molar-refractivity contribution in [2.75, 3.05) is 0 Å². The molecule has 0 saturated carbocycles. The summed E-state index contributed by atoms with van der Waals surface area (Å²) >= 11 is 0. The van der Waals surface area contributed by atoms with Crippen LogP contribution in [0.3, 0.4) is 0 Å². The molecule has 0 aliphatic heterocycles. The summed E-state index contributed by atoms with van der Waals surface area (Å²) in [5, 5.41) is 5.99. The maximum atomic E-state index is 17.3. The molecule has 10 aromatic carbocycles. The quantitative estimate of drug-likeness (QED) is 0.108. The fraction of sp³-hybridized carbons (Fsp3) is 0. The topological polar surface area (TPSA) is 68.3 Å². The lowest BCUT2D eigenvalue weighted by Gasteiger charge is -2.33. The standard InChI is InChI=1S/C60H46O4P4/c61-65(47-27-9-1-10-28-47,48-29-11-2-12-30-48)55-43-25-44-56(66(62,49-31-13-3-14-32-49)50-33-15-4-16-34-50)59(55)60-57(67(63,51-35-17-5-18-36-51)52-37-19-6-20-38-52)45-26-46-58(60)68(64,53-39-21-7-22-40-53)54-41-23-8-24-42-54/h1-46H. The highest BCUT2D eigenvalue weighted by atomic mass is 31.2. The van der Waals surface area contributed by atoms with Gasteiger partial charge in [-0.2, -0.15) is 0 Å². The maximum Gasteiger partial charge on any atom is 0.171 e. The Hall–Kier alpha value is -6.88. The molecule has 330 valence electrons. The van der Waals surface area contributed by atoms with Gasteiger partial charge in [0.15, 0.2) is 28.6 Å². The predicted molar refractivity (Wildman–Crippen MR) is 289 cm³/mol. The molecule has 0 atom stereocenters. The van der Waals surface area contributed by atoms with Gasteiger partial charge in [-0.05, 0) is 0 Å². The molecule has 0 spiro atoms. The van der Waals surface area contributed by atoms with Gasteiger partial charge in [0.2, 0.25) is 0 Å². The van der Waals surface area contributed by atoms with Crippen molar-refractivity contribution in [3.8, 4) is 11.1 Å². The van der Waals surface area contributed by atoms with E-state index in [4.69, 9.17) is 0 Å². The molecule has 0 heterocycles. The first kappa shape index (κ1) is 44.9. The van der Waals surface area contributed by atoms with E-state index in [0.717, 1.165) is 0 Å². The second-order valence-electron chi connectivity index (χ2n) is 16.5. The molecule has 10 aromatic rings. The van der Waals surface area contributed by atoms with Gasteiger partial charge in [-0.1, -0.05) is 279 Å². The first-order valence-electron chi connectivity index (χ1n) is 22.4. The Morgan fingerprint density at radius 3 is 0.426 bits per heavy atom. The Balaban J connectivity index is 1.50. The number of rotatable bonds is 13. The van der Waals surface area contributed by atoms with Crippen LogP contribution in [0.25, 0.3) is 11.1 Å². The van der Waals surface area contributed by atoms with Crippen molar-refractivity contribution in [1.29, 1.82) is 0 Å². The summed E-state index contributed by atoms with van der Waals surface area (Å²) in [4.78, 5) is 0. The summed E-state index contributed by atoms with van der Waals surface area (Å²) in [5.41, 5.74) is 0.730. The zero-order valence-electron chi connectivity index (χ0n) is 37.0. The monoisotopic (exact) mass is 954 g/mol. The van der Waals surface area contributed by atoms with Crippen LogP contribution in [-0.2, 0) is 18.3 Å². The zero-order valence-corrected chi connectivity index (χ0v) is 40.6. The van der Waals surface area contributed by atoms with Crippen LogP contribution in [0, 0.1) is 0 Å². The van der Waals surface area contributed by atoms with Gasteiger partial charge in [0.05, 0.1) is 0 Å². The molecule has 10 rings (SSSR count). The van der Waals surface area contributed by atoms with Gasteiger partial charge >= 0.3 is 0 Å². The lowest BCUT2D eigenvalue weighted by atomic mass is 10.1. The summed E-state index contributed by atoms with van der Waals surface area (Å²) < 4.78 is 69.4. The zero-order chi connectivity index (χ0) is 46.6. The van der Waals surface area contributed by atoms with Crippen LogP contribution in [0.1, 0.15) is 0 Å². The lowest BCUT2D eigenvalue weighted by molar-refractivity contribution is 0.591. The average Bonchev–Trinajstić information content (AvgIpc) is 3.43. The van der Waals surface area contributed by atoms with E-state index in [2.05, 4.69) is 0 Å². The molecule has 0 aliphatic carbocycles. The summed E-state index contributed by atoms with van der Waals surface area (Å²) in [6.07, 6.45) is 0. The van der Waals surface area contributed by atoms with Gasteiger partial charge in [0, 0.05) is 74.8 Å². The van der Waals surface area contributed by atoms with E-state index in [0.29, 0.717) is 74.8 Å². The molecule has 0 aliphatic rings. The second-order valence-corrected chi connectivity index (χ2v) is 27.4. The molecule has 4 nitrogen and oxygen atoms in total. The van der Waals surface area contributed by atoms with Gasteiger partial charge < -0.3 is 18.3 Å². The highest BCUT2D eigenvalue weighted by molar-refractivity contribution is 7.88. The third-order valence-electron chi connectivity index (χ3n) is 12.6. The van der Waals surface area contributed by atoms with Gasteiger partial charge in [0.25, 0.3) is 0 Å². The van der Waals surface area contributed by atoms with E-state index in [1.54, 1.807) is 0 Å². The van der Waals surface area contributed by atoms with E-state index in [1.165, 1.54) is 0 Å². The van der Waals surface area contributed by atoms with Crippen LogP contribution >= 0.6 is 28.6 Å². The van der Waals surface area contributed by atoms with Gasteiger partial charge in [-0.25, -0.2) is 0 Å². The second kappa shape index (κ2) is 19.0. The molecule has 0 amide bonds. The van der Waals surface area contributed by atoms with E-state index in [-0.39, 0.29) is 0 Å². The number of hydrogen-bond acceptors (Lipinski definition) is 4. The fourth-order valence-electron chi connectivity index (χ4n) is 9.43. The van der Waals surface area contributed by atoms with Crippen LogP contribution in [0.4, 0.5) is 0 Å². The minimum Gasteiger partial charge on any atom is -0.309 e. The summed E-state index contributed by atoms with van der Waals surface area (Å²) in [5.74, 6) is 0. The summed E-state index contributed by atoms with van der Waals surface area (Å²) in [6, 6.07) is 86.5. The smallest absolute Gasteiger partial charge is 0.171 e. The Morgan fingerprint density at radius 1 is 0.162 bits per heavy atom. The van der Waals surface area contributed by atoms with Gasteiger partial charge in [0.1, 0.15) is 0 Å². The molecule has 0 radical (unpaired) electrons. The molecular weight excluding hydrogens is 909 g/mol. The minimum atomic E-state index is -3.99. The van der Waals surface area contributed by atoms with Crippen molar-refractivity contribution >= 4 is 92.2 Å². The molecule has 68 heavy (non-hydrogen) atoms. The minimum absolute atomic E-state index is 0.365. The number of hydrogen-bond donors (Lipinski definition) is 0. The number of benzene rings is 10. The van der Waals surface area contributed by atoms with Crippen molar-refractivity contribution < 1.29 is 18.3 Å². The van der Waals surface area contributed by atoms with Crippen LogP contribution < -0.4 is 63.7 Å². The first-order valence-corrected chi connectivity index (χ1v) is 29.3. The Morgan fingerprint density at radius 2 is 0.294 bits per heavy atom. The van der Waals surface area contributed by atoms with E-state index in [1.807, 2.05) is 279 Å². The van der Waals surface area contributed by atoms with Crippen LogP contribution in [0.15, 0.2) is 279 Å². The van der Waals surface area contributed by atoms with Crippen LogP contribution in [0.2, 0.25) is 0 Å². The third-order valence-corrected chi connectivity index (χ3v) is 25.0. The molecule has 0 bridgehead atoms. The summed E-state index contributed by atoms with van der Waals surface area (Å²) in [6.45, 7) is 0. The highest BCUT2D eigenvalue weighted by Crippen LogP contribution is 2.55. The van der Waals surface area contributed by atoms with Gasteiger partial charge in [-0.15, -0.1) is 0 Å². The normalized spacial score (nSPS) is 12.1. The average molecular weight is 955 g/mol. The molecule has 8 heteroatoms. The Kier molecular flexibility index (Phi) is 12.6. The van der Waals surface area contributed by atoms with E-state index in [9.17, 15) is 0 Å². The predicted octanol–water partition coefficient (Wildman–Crippen LogP) is 9.91. The van der Waals surface area contributed by atoms with Crippen molar-refractivity contribution in [2.24, 2.45) is 0 Å². The van der Waals surface area contributed by atoms with Crippen molar-refractivity contribution in [1.82, 2.24) is 0 Å². The Labute approximate surface area is 398 Å². The molecular formula is C60H46O4P4. The van der Waals surface area contributed by atoms with Crippen molar-refractivity contribution in [3.63, 3.8) is 0 Å². The molecule has 0 unspecified atom stereocenters. The Bertz CT molecular complexity index is 2900. The van der Waals surface area contributed by atoms with Crippen LogP contribution in [0.5, 0.6) is 0 Å². The highest BCUT2D eigenvalue weighted by Gasteiger charge is 2.45. The molecule has 0 N–H and O–H groups in total. The van der Waals surface area contributed by atoms with E-state index < -0.39 is 28.6 Å². The van der Waals surface area contributed by atoms with Crippen LogP contribution in [-0.4, -0.2) is 0 Å². The van der Waals surface area contributed by atoms with Crippen molar-refractivity contribution in [2.45, 2.75) is 0 Å². The largest absolute Gasteiger partial charge is 0.309 e. The van der Waals surface area contributed by atoms with Crippen molar-refractivity contribution in [3.05, 3.63) is 279 Å². The molecule has 0 fully saturated rings. The lowest BCUT2D eigenvalue weighted by Crippen LogP contribution is -2.38. The molecule has 0 saturated heterocycles. The van der Waals surface area contributed by atoms with Gasteiger partial charge in [-0.3, -0.25) is 0 Å².